The van der Waals surface area contributed by atoms with Crippen molar-refractivity contribution in [3.05, 3.63) is 131 Å². The Morgan fingerprint density at radius 1 is 0.930 bits per heavy atom. The van der Waals surface area contributed by atoms with E-state index in [0.717, 1.165) is 44.6 Å². The number of carbonyl (C=O) groups is 3. The van der Waals surface area contributed by atoms with Gasteiger partial charge in [0, 0.05) is 29.6 Å². The number of anilines is 1. The van der Waals surface area contributed by atoms with Gasteiger partial charge in [0.05, 0.1) is 18.4 Å². The predicted octanol–water partition coefficient (Wildman–Crippen LogP) is 5.90. The standard InChI is InChI=1S/C35H30N4O4/c1-21-9-3-4-10-24(21)32-31-27(25-11-5-7-13-28(25)37-31)19-30-34(41)39(35(42)38(30)32)29-14-8-6-12-26(29)33(40)36-20-22-15-17-23(43-2)18-16-22/h3-18,30,32,37H,19-20H2,1-2H3,(H,36,40)/t30-,32-/m0/s1. The molecule has 7 rings (SSSR count). The zero-order chi connectivity index (χ0) is 29.7. The van der Waals surface area contributed by atoms with E-state index in [1.165, 1.54) is 4.90 Å². The van der Waals surface area contributed by atoms with Crippen LogP contribution in [0, 0.1) is 6.92 Å². The SMILES string of the molecule is COc1ccc(CNC(=O)c2ccccc2N2C(=O)[C@@H]3Cc4c([nH]c5ccccc45)[C@H](c4ccccc4C)N3C2=O)cc1. The van der Waals surface area contributed by atoms with Crippen LogP contribution in [0.4, 0.5) is 10.5 Å². The fraction of sp³-hybridized carbons (Fsp3) is 0.171. The van der Waals surface area contributed by atoms with Crippen molar-refractivity contribution in [3.63, 3.8) is 0 Å². The summed E-state index contributed by atoms with van der Waals surface area (Å²) in [6.07, 6.45) is 0.384. The number of benzene rings is 4. The normalized spacial score (nSPS) is 17.6. The maximum absolute atomic E-state index is 14.4. The van der Waals surface area contributed by atoms with Crippen LogP contribution in [0.1, 0.15) is 44.3 Å². The highest BCUT2D eigenvalue weighted by Crippen LogP contribution is 2.45. The second-order valence-corrected chi connectivity index (χ2v) is 11.0. The van der Waals surface area contributed by atoms with Gasteiger partial charge < -0.3 is 15.0 Å². The van der Waals surface area contributed by atoms with Gasteiger partial charge in [-0.15, -0.1) is 0 Å². The number of para-hydroxylation sites is 2. The Morgan fingerprint density at radius 3 is 2.44 bits per heavy atom. The van der Waals surface area contributed by atoms with E-state index in [9.17, 15) is 14.4 Å². The number of hydrogen-bond acceptors (Lipinski definition) is 4. The van der Waals surface area contributed by atoms with E-state index >= 15 is 0 Å². The number of nitrogens with one attached hydrogen (secondary N) is 2. The number of H-pyrrole nitrogens is 1. The average Bonchev–Trinajstić information content (AvgIpc) is 3.53. The highest BCUT2D eigenvalue weighted by atomic mass is 16.5. The summed E-state index contributed by atoms with van der Waals surface area (Å²) < 4.78 is 5.21. The molecule has 2 N–H and O–H groups in total. The van der Waals surface area contributed by atoms with E-state index in [0.29, 0.717) is 6.42 Å². The first-order chi connectivity index (χ1) is 21.0. The Balaban J connectivity index is 1.26. The molecule has 4 amide bonds. The lowest BCUT2D eigenvalue weighted by atomic mass is 9.87. The molecule has 2 atom stereocenters. The van der Waals surface area contributed by atoms with Gasteiger partial charge in [-0.05, 0) is 59.5 Å². The lowest BCUT2D eigenvalue weighted by Crippen LogP contribution is -2.44. The third kappa shape index (κ3) is 4.34. The van der Waals surface area contributed by atoms with E-state index in [-0.39, 0.29) is 29.6 Å². The number of aromatic nitrogens is 1. The summed E-state index contributed by atoms with van der Waals surface area (Å²) in [7, 11) is 1.60. The number of hydrogen-bond donors (Lipinski definition) is 2. The summed E-state index contributed by atoms with van der Waals surface area (Å²) in [4.78, 5) is 48.5. The largest absolute Gasteiger partial charge is 0.497 e. The fourth-order valence-corrected chi connectivity index (χ4v) is 6.40. The van der Waals surface area contributed by atoms with Crippen LogP contribution in [0.2, 0.25) is 0 Å². The molecule has 1 saturated heterocycles. The maximum atomic E-state index is 14.4. The molecule has 0 aliphatic carbocycles. The zero-order valence-corrected chi connectivity index (χ0v) is 23.8. The molecule has 8 heteroatoms. The number of aryl methyl sites for hydroxylation is 1. The van der Waals surface area contributed by atoms with E-state index in [2.05, 4.69) is 16.4 Å². The highest BCUT2D eigenvalue weighted by Gasteiger charge is 2.53. The van der Waals surface area contributed by atoms with Crippen molar-refractivity contribution in [2.75, 3.05) is 12.0 Å². The van der Waals surface area contributed by atoms with Gasteiger partial charge >= 0.3 is 6.03 Å². The van der Waals surface area contributed by atoms with Gasteiger partial charge in [0.15, 0.2) is 0 Å². The Kier molecular flexibility index (Phi) is 6.46. The summed E-state index contributed by atoms with van der Waals surface area (Å²) in [5.41, 5.74) is 6.33. The first kappa shape index (κ1) is 26.5. The smallest absolute Gasteiger partial charge is 0.332 e. The third-order valence-electron chi connectivity index (χ3n) is 8.53. The lowest BCUT2D eigenvalue weighted by molar-refractivity contribution is -0.120. The van der Waals surface area contributed by atoms with Crippen LogP contribution in [0.15, 0.2) is 97.1 Å². The van der Waals surface area contributed by atoms with Crippen molar-refractivity contribution >= 4 is 34.4 Å². The van der Waals surface area contributed by atoms with Gasteiger partial charge in [-0.25, -0.2) is 9.69 Å². The number of amides is 4. The molecule has 0 bridgehead atoms. The number of urea groups is 1. The van der Waals surface area contributed by atoms with Gasteiger partial charge in [-0.2, -0.15) is 0 Å². The molecule has 214 valence electrons. The summed E-state index contributed by atoms with van der Waals surface area (Å²) in [6, 6.07) is 28.5. The molecule has 0 radical (unpaired) electrons. The molecule has 5 aromatic rings. The van der Waals surface area contributed by atoms with Crippen molar-refractivity contribution in [2.45, 2.75) is 32.0 Å². The Labute approximate surface area is 248 Å². The number of rotatable bonds is 6. The molecule has 0 unspecified atom stereocenters. The number of ether oxygens (including phenoxy) is 1. The number of imide groups is 1. The van der Waals surface area contributed by atoms with E-state index in [1.54, 1.807) is 36.3 Å². The van der Waals surface area contributed by atoms with E-state index in [4.69, 9.17) is 4.74 Å². The number of fused-ring (bicyclic) bond motifs is 4. The van der Waals surface area contributed by atoms with Crippen molar-refractivity contribution in [3.8, 4) is 5.75 Å². The van der Waals surface area contributed by atoms with Crippen molar-refractivity contribution in [2.24, 2.45) is 0 Å². The van der Waals surface area contributed by atoms with Crippen molar-refractivity contribution in [1.82, 2.24) is 15.2 Å². The Bertz CT molecular complexity index is 1890. The molecule has 2 aliphatic heterocycles. The first-order valence-electron chi connectivity index (χ1n) is 14.3. The van der Waals surface area contributed by atoms with Crippen LogP contribution >= 0.6 is 0 Å². The van der Waals surface area contributed by atoms with Crippen molar-refractivity contribution in [1.29, 1.82) is 0 Å². The molecule has 8 nitrogen and oxygen atoms in total. The summed E-state index contributed by atoms with van der Waals surface area (Å²) >= 11 is 0. The molecule has 1 fully saturated rings. The van der Waals surface area contributed by atoms with Crippen LogP contribution in [0.5, 0.6) is 5.75 Å². The van der Waals surface area contributed by atoms with Gasteiger partial charge in [0.25, 0.3) is 11.8 Å². The molecular formula is C35H30N4O4. The highest BCUT2D eigenvalue weighted by molar-refractivity contribution is 6.24. The zero-order valence-electron chi connectivity index (χ0n) is 23.8. The van der Waals surface area contributed by atoms with Gasteiger partial charge in [0.2, 0.25) is 0 Å². The molecule has 1 aromatic heterocycles. The van der Waals surface area contributed by atoms with Crippen LogP contribution in [0.3, 0.4) is 0 Å². The minimum atomic E-state index is -0.709. The van der Waals surface area contributed by atoms with Gasteiger partial charge in [0.1, 0.15) is 17.8 Å². The number of methoxy groups -OCH3 is 1. The van der Waals surface area contributed by atoms with Crippen LogP contribution in [-0.2, 0) is 17.8 Å². The van der Waals surface area contributed by atoms with Crippen LogP contribution < -0.4 is 15.0 Å². The lowest BCUT2D eigenvalue weighted by Gasteiger charge is -2.36. The molecule has 0 spiro atoms. The predicted molar refractivity (Wildman–Crippen MR) is 164 cm³/mol. The maximum Gasteiger partial charge on any atom is 0.332 e. The van der Waals surface area contributed by atoms with E-state index < -0.39 is 18.1 Å². The van der Waals surface area contributed by atoms with Gasteiger partial charge in [-0.3, -0.25) is 14.5 Å². The second kappa shape index (κ2) is 10.5. The topological polar surface area (TPSA) is 94.7 Å². The Morgan fingerprint density at radius 2 is 1.65 bits per heavy atom. The quantitative estimate of drug-likeness (QED) is 0.249. The van der Waals surface area contributed by atoms with Gasteiger partial charge in [-0.1, -0.05) is 66.7 Å². The minimum Gasteiger partial charge on any atom is -0.497 e. The molecule has 43 heavy (non-hydrogen) atoms. The second-order valence-electron chi connectivity index (χ2n) is 11.0. The number of nitrogens with zero attached hydrogens (tertiary/aromatic N) is 2. The van der Waals surface area contributed by atoms with Crippen molar-refractivity contribution < 1.29 is 19.1 Å². The third-order valence-corrected chi connectivity index (χ3v) is 8.53. The van der Waals surface area contributed by atoms with Crippen LogP contribution in [-0.4, -0.2) is 40.9 Å². The molecule has 3 heterocycles. The summed E-state index contributed by atoms with van der Waals surface area (Å²) in [5, 5.41) is 3.98. The first-order valence-corrected chi connectivity index (χ1v) is 14.3. The fourth-order valence-electron chi connectivity index (χ4n) is 6.40. The molecule has 2 aliphatic rings. The number of aromatic amines is 1. The van der Waals surface area contributed by atoms with E-state index in [1.807, 2.05) is 73.7 Å². The molecule has 4 aromatic carbocycles. The van der Waals surface area contributed by atoms with Crippen LogP contribution in [0.25, 0.3) is 10.9 Å². The number of carbonyl (C=O) groups excluding carboxylic acids is 3. The molecule has 0 saturated carbocycles. The average molecular weight is 571 g/mol. The summed E-state index contributed by atoms with van der Waals surface area (Å²) in [5.74, 6) is 0.0181. The minimum absolute atomic E-state index is 0.258. The Hall–Kier alpha value is -5.37. The summed E-state index contributed by atoms with van der Waals surface area (Å²) in [6.45, 7) is 2.30. The monoisotopic (exact) mass is 570 g/mol. The molecular weight excluding hydrogens is 540 g/mol.